The fourth-order valence-corrected chi connectivity index (χ4v) is 4.54. The molecule has 0 radical (unpaired) electrons. The third-order valence-corrected chi connectivity index (χ3v) is 6.92. The van der Waals surface area contributed by atoms with E-state index in [2.05, 4.69) is 37.0 Å². The zero-order valence-corrected chi connectivity index (χ0v) is 22.5. The fraction of sp³-hybridized carbons (Fsp3) is 0.0741. The standard InChI is InChI=1S/C27H21BrCl2N6O/c28-21-16-33-36-25(13-24(35-26(21)36)20-6-2-4-8-23(20)30)31-14-17-9-11-19(12-10-17)34-27(37)32-15-18-5-1-3-7-22(18)29/h1-13,16,31H,14-15H2,(H2,32,34,37). The largest absolute Gasteiger partial charge is 0.366 e. The van der Waals surface area contributed by atoms with E-state index in [1.165, 1.54) is 0 Å². The molecule has 3 aromatic carbocycles. The molecule has 0 atom stereocenters. The molecule has 0 aliphatic heterocycles. The Morgan fingerprint density at radius 2 is 1.65 bits per heavy atom. The van der Waals surface area contributed by atoms with Gasteiger partial charge in [0.05, 0.1) is 16.4 Å². The van der Waals surface area contributed by atoms with Gasteiger partial charge in [-0.15, -0.1) is 0 Å². The Labute approximate surface area is 232 Å². The number of nitrogens with one attached hydrogen (secondary N) is 3. The number of fused-ring (bicyclic) bond motifs is 1. The lowest BCUT2D eigenvalue weighted by atomic mass is 10.1. The van der Waals surface area contributed by atoms with Gasteiger partial charge in [0.2, 0.25) is 0 Å². The molecule has 0 spiro atoms. The molecule has 2 heterocycles. The van der Waals surface area contributed by atoms with Crippen LogP contribution in [0.1, 0.15) is 11.1 Å². The highest BCUT2D eigenvalue weighted by Gasteiger charge is 2.13. The van der Waals surface area contributed by atoms with Crippen LogP contribution in [0.2, 0.25) is 10.0 Å². The molecule has 37 heavy (non-hydrogen) atoms. The number of urea groups is 1. The van der Waals surface area contributed by atoms with Crippen LogP contribution in [0.3, 0.4) is 0 Å². The number of hydrogen-bond donors (Lipinski definition) is 3. The molecule has 0 fully saturated rings. The first-order valence-corrected chi connectivity index (χ1v) is 12.9. The third kappa shape index (κ3) is 5.88. The second-order valence-corrected chi connectivity index (χ2v) is 9.85. The van der Waals surface area contributed by atoms with Crippen molar-refractivity contribution in [2.45, 2.75) is 13.1 Å². The highest BCUT2D eigenvalue weighted by molar-refractivity contribution is 9.10. The molecule has 0 saturated heterocycles. The van der Waals surface area contributed by atoms with E-state index >= 15 is 0 Å². The summed E-state index contributed by atoms with van der Waals surface area (Å²) in [6.45, 7) is 0.880. The highest BCUT2D eigenvalue weighted by atomic mass is 79.9. The number of rotatable bonds is 7. The summed E-state index contributed by atoms with van der Waals surface area (Å²) in [6.07, 6.45) is 1.71. The number of aromatic nitrogens is 3. The molecule has 0 unspecified atom stereocenters. The second-order valence-electron chi connectivity index (χ2n) is 8.18. The topological polar surface area (TPSA) is 83.4 Å². The van der Waals surface area contributed by atoms with Gasteiger partial charge in [0.1, 0.15) is 5.82 Å². The van der Waals surface area contributed by atoms with Crippen molar-refractivity contribution in [3.05, 3.63) is 111 Å². The first kappa shape index (κ1) is 25.1. The molecule has 186 valence electrons. The van der Waals surface area contributed by atoms with E-state index in [1.807, 2.05) is 72.8 Å². The maximum absolute atomic E-state index is 12.3. The molecular weight excluding hydrogens is 575 g/mol. The molecule has 2 aromatic heterocycles. The highest BCUT2D eigenvalue weighted by Crippen LogP contribution is 2.30. The Hall–Kier alpha value is -3.59. The number of benzene rings is 3. The minimum atomic E-state index is -0.304. The Morgan fingerprint density at radius 3 is 2.41 bits per heavy atom. The molecule has 0 saturated carbocycles. The van der Waals surface area contributed by atoms with E-state index in [4.69, 9.17) is 28.2 Å². The molecule has 3 N–H and O–H groups in total. The minimum absolute atomic E-state index is 0.304. The summed E-state index contributed by atoms with van der Waals surface area (Å²) in [5.74, 6) is 0.770. The summed E-state index contributed by atoms with van der Waals surface area (Å²) >= 11 is 16.1. The van der Waals surface area contributed by atoms with Crippen molar-refractivity contribution in [2.75, 3.05) is 10.6 Å². The van der Waals surface area contributed by atoms with Crippen LogP contribution in [-0.4, -0.2) is 20.6 Å². The summed E-state index contributed by atoms with van der Waals surface area (Å²) < 4.78 is 2.52. The van der Waals surface area contributed by atoms with E-state index in [0.29, 0.717) is 34.5 Å². The van der Waals surface area contributed by atoms with E-state index < -0.39 is 0 Å². The molecule has 10 heteroatoms. The van der Waals surface area contributed by atoms with Crippen molar-refractivity contribution in [3.63, 3.8) is 0 Å². The van der Waals surface area contributed by atoms with E-state index in [-0.39, 0.29) is 6.03 Å². The number of carbonyl (C=O) groups is 1. The van der Waals surface area contributed by atoms with Gasteiger partial charge in [-0.05, 0) is 51.3 Å². The van der Waals surface area contributed by atoms with Gasteiger partial charge in [-0.25, -0.2) is 9.78 Å². The van der Waals surface area contributed by atoms with Crippen LogP contribution in [0.25, 0.3) is 16.9 Å². The van der Waals surface area contributed by atoms with Gasteiger partial charge in [0, 0.05) is 40.5 Å². The quantitative estimate of drug-likeness (QED) is 0.183. The number of amides is 2. The summed E-state index contributed by atoms with van der Waals surface area (Å²) in [5.41, 5.74) is 4.83. The molecule has 7 nitrogen and oxygen atoms in total. The fourth-order valence-electron chi connectivity index (χ4n) is 3.76. The van der Waals surface area contributed by atoms with Crippen LogP contribution in [-0.2, 0) is 13.1 Å². The lowest BCUT2D eigenvalue weighted by Gasteiger charge is -2.12. The monoisotopic (exact) mass is 594 g/mol. The SMILES string of the molecule is O=C(NCc1ccccc1Cl)Nc1ccc(CNc2cc(-c3ccccc3Cl)nc3c(Br)cnn23)cc1. The zero-order chi connectivity index (χ0) is 25.8. The van der Waals surface area contributed by atoms with Gasteiger partial charge in [0.15, 0.2) is 5.65 Å². The Bertz CT molecular complexity index is 1570. The van der Waals surface area contributed by atoms with Gasteiger partial charge < -0.3 is 16.0 Å². The molecule has 5 rings (SSSR count). The van der Waals surface area contributed by atoms with Gasteiger partial charge >= 0.3 is 6.03 Å². The van der Waals surface area contributed by atoms with E-state index in [0.717, 1.165) is 32.7 Å². The summed E-state index contributed by atoms with van der Waals surface area (Å²) in [4.78, 5) is 17.0. The average Bonchev–Trinajstić information content (AvgIpc) is 3.28. The van der Waals surface area contributed by atoms with Gasteiger partial charge in [-0.1, -0.05) is 71.7 Å². The Balaban J connectivity index is 1.25. The number of anilines is 2. The number of nitrogens with zero attached hydrogens (tertiary/aromatic N) is 3. The summed E-state index contributed by atoms with van der Waals surface area (Å²) in [6, 6.07) is 24.2. The Morgan fingerprint density at radius 1 is 0.919 bits per heavy atom. The maximum atomic E-state index is 12.3. The zero-order valence-electron chi connectivity index (χ0n) is 19.4. The first-order chi connectivity index (χ1) is 18.0. The molecule has 2 amide bonds. The van der Waals surface area contributed by atoms with Crippen molar-refractivity contribution in [1.29, 1.82) is 0 Å². The van der Waals surface area contributed by atoms with Crippen LogP contribution >= 0.6 is 39.1 Å². The molecule has 0 aliphatic rings. The van der Waals surface area contributed by atoms with Crippen LogP contribution in [0.15, 0.2) is 89.5 Å². The van der Waals surface area contributed by atoms with Crippen LogP contribution in [0, 0.1) is 0 Å². The smallest absolute Gasteiger partial charge is 0.319 e. The van der Waals surface area contributed by atoms with Gasteiger partial charge in [-0.2, -0.15) is 9.61 Å². The van der Waals surface area contributed by atoms with Crippen molar-refractivity contribution in [3.8, 4) is 11.3 Å². The average molecular weight is 596 g/mol. The second kappa shape index (κ2) is 11.2. The lowest BCUT2D eigenvalue weighted by molar-refractivity contribution is 0.251. The molecular formula is C27H21BrCl2N6O. The van der Waals surface area contributed by atoms with Crippen molar-refractivity contribution < 1.29 is 4.79 Å². The summed E-state index contributed by atoms with van der Waals surface area (Å²) in [5, 5.41) is 14.8. The first-order valence-electron chi connectivity index (χ1n) is 11.4. The van der Waals surface area contributed by atoms with Gasteiger partial charge in [-0.3, -0.25) is 0 Å². The normalized spacial score (nSPS) is 10.9. The van der Waals surface area contributed by atoms with Crippen molar-refractivity contribution in [1.82, 2.24) is 19.9 Å². The van der Waals surface area contributed by atoms with Gasteiger partial charge in [0.25, 0.3) is 0 Å². The van der Waals surface area contributed by atoms with Crippen LogP contribution < -0.4 is 16.0 Å². The third-order valence-electron chi connectivity index (χ3n) is 5.66. The number of hydrogen-bond acceptors (Lipinski definition) is 4. The predicted octanol–water partition coefficient (Wildman–Crippen LogP) is 7.40. The van der Waals surface area contributed by atoms with Crippen molar-refractivity contribution >= 4 is 62.3 Å². The number of carbonyl (C=O) groups excluding carboxylic acids is 1. The predicted molar refractivity (Wildman–Crippen MR) is 152 cm³/mol. The van der Waals surface area contributed by atoms with E-state index in [1.54, 1.807) is 16.8 Å². The molecule has 0 aliphatic carbocycles. The lowest BCUT2D eigenvalue weighted by Crippen LogP contribution is -2.28. The van der Waals surface area contributed by atoms with Crippen molar-refractivity contribution in [2.24, 2.45) is 0 Å². The van der Waals surface area contributed by atoms with Crippen LogP contribution in [0.5, 0.6) is 0 Å². The number of halogens is 3. The molecule has 0 bridgehead atoms. The Kier molecular flexibility index (Phi) is 7.60. The minimum Gasteiger partial charge on any atom is -0.366 e. The summed E-state index contributed by atoms with van der Waals surface area (Å²) in [7, 11) is 0. The molecule has 5 aromatic rings. The maximum Gasteiger partial charge on any atom is 0.319 e. The van der Waals surface area contributed by atoms with Crippen LogP contribution in [0.4, 0.5) is 16.3 Å². The van der Waals surface area contributed by atoms with E-state index in [9.17, 15) is 4.79 Å².